The van der Waals surface area contributed by atoms with Gasteiger partial charge in [-0.15, -0.1) is 0 Å². The standard InChI is InChI=1S/C21H35NO17/c1-5-9(27)14(36-20-12(30)10(28)11(29)15(37-20)18(32)33)8(22-6(2)25)19(35-5)38-16-13(7(26)3-23)39-21(34,4-24)17(16)31/h5,7-17,19-20,23-24,26-31,34H,3-4H2,1-2H3,(H,22,25)(H,32,33)/t5-,7-,8-,9-,10+,11-,12-,13-,14-,15+,16-,17+,19+,20-,21?/m1/s1. The van der Waals surface area contributed by atoms with Crippen LogP contribution in [0.3, 0.4) is 0 Å². The molecule has 3 aliphatic rings. The van der Waals surface area contributed by atoms with Crippen molar-refractivity contribution in [1.82, 2.24) is 5.32 Å². The summed E-state index contributed by atoms with van der Waals surface area (Å²) in [5.74, 6) is -5.03. The van der Waals surface area contributed by atoms with E-state index in [0.717, 1.165) is 6.92 Å². The van der Waals surface area contributed by atoms with Gasteiger partial charge in [-0.05, 0) is 6.92 Å². The molecule has 15 atom stereocenters. The summed E-state index contributed by atoms with van der Waals surface area (Å²) in [6.07, 6.45) is -23.2. The van der Waals surface area contributed by atoms with Gasteiger partial charge in [0.2, 0.25) is 11.7 Å². The molecule has 3 fully saturated rings. The number of aliphatic carboxylic acids is 1. The van der Waals surface area contributed by atoms with Crippen molar-refractivity contribution in [3.05, 3.63) is 0 Å². The van der Waals surface area contributed by atoms with Crippen LogP contribution in [0, 0.1) is 0 Å². The van der Waals surface area contributed by atoms with Crippen LogP contribution in [-0.2, 0) is 33.3 Å². The summed E-state index contributed by atoms with van der Waals surface area (Å²) in [7, 11) is 0. The van der Waals surface area contributed by atoms with Gasteiger partial charge < -0.3 is 80.1 Å². The maximum atomic E-state index is 12.0. The van der Waals surface area contributed by atoms with Crippen LogP contribution in [0.4, 0.5) is 0 Å². The fourth-order valence-electron chi connectivity index (χ4n) is 4.64. The number of nitrogens with one attached hydrogen (secondary N) is 1. The zero-order valence-electron chi connectivity index (χ0n) is 20.8. The van der Waals surface area contributed by atoms with Crippen LogP contribution >= 0.6 is 0 Å². The Morgan fingerprint density at radius 2 is 1.56 bits per heavy atom. The summed E-state index contributed by atoms with van der Waals surface area (Å²) in [5, 5.41) is 103. The SMILES string of the molecule is CC(=O)N[C@H]1[C@H](O[C@@H]2[C@@H]([C@H](O)CO)OC(O)(CO)[C@H]2O)O[C@H](C)[C@@H](O)[C@@H]1O[C@@H]1O[C@H](C(=O)O)[C@H](O)[C@H](O)[C@H]1O. The third-order valence-corrected chi connectivity index (χ3v) is 6.81. The van der Waals surface area contributed by atoms with Gasteiger partial charge in [0.15, 0.2) is 18.7 Å². The van der Waals surface area contributed by atoms with Crippen molar-refractivity contribution < 1.29 is 84.3 Å². The summed E-state index contributed by atoms with van der Waals surface area (Å²) in [6.45, 7) is 0.362. The Kier molecular flexibility index (Phi) is 10.2. The second kappa shape index (κ2) is 12.5. The van der Waals surface area contributed by atoms with Crippen molar-refractivity contribution in [1.29, 1.82) is 0 Å². The van der Waals surface area contributed by atoms with Crippen molar-refractivity contribution in [2.24, 2.45) is 0 Å². The highest BCUT2D eigenvalue weighted by atomic mass is 16.7. The summed E-state index contributed by atoms with van der Waals surface area (Å²) in [4.78, 5) is 23.5. The predicted octanol–water partition coefficient (Wildman–Crippen LogP) is -6.95. The minimum absolute atomic E-state index is 0.724. The van der Waals surface area contributed by atoms with Gasteiger partial charge in [0, 0.05) is 6.92 Å². The van der Waals surface area contributed by atoms with Gasteiger partial charge in [-0.2, -0.15) is 0 Å². The molecule has 18 heteroatoms. The lowest BCUT2D eigenvalue weighted by molar-refractivity contribution is -0.342. The highest BCUT2D eigenvalue weighted by molar-refractivity contribution is 5.73. The molecule has 39 heavy (non-hydrogen) atoms. The molecule has 0 spiro atoms. The quantitative estimate of drug-likeness (QED) is 0.122. The molecule has 3 rings (SSSR count). The number of rotatable bonds is 9. The maximum Gasteiger partial charge on any atom is 0.335 e. The molecule has 1 unspecified atom stereocenters. The molecule has 0 aliphatic carbocycles. The molecule has 3 aliphatic heterocycles. The molecule has 0 aromatic carbocycles. The topological polar surface area (TPSA) is 295 Å². The molecule has 3 heterocycles. The summed E-state index contributed by atoms with van der Waals surface area (Å²) in [5.41, 5.74) is 0. The van der Waals surface area contributed by atoms with Gasteiger partial charge in [0.25, 0.3) is 0 Å². The first-order valence-electron chi connectivity index (χ1n) is 12.0. The zero-order valence-corrected chi connectivity index (χ0v) is 20.8. The van der Waals surface area contributed by atoms with Gasteiger partial charge in [-0.1, -0.05) is 0 Å². The number of amides is 1. The smallest absolute Gasteiger partial charge is 0.335 e. The molecule has 0 saturated carbocycles. The molecule has 3 saturated heterocycles. The fraction of sp³-hybridized carbons (Fsp3) is 0.905. The van der Waals surface area contributed by atoms with Gasteiger partial charge >= 0.3 is 5.97 Å². The van der Waals surface area contributed by atoms with Crippen molar-refractivity contribution in [3.63, 3.8) is 0 Å². The van der Waals surface area contributed by atoms with Crippen molar-refractivity contribution in [3.8, 4) is 0 Å². The van der Waals surface area contributed by atoms with Crippen molar-refractivity contribution in [2.45, 2.75) is 105 Å². The van der Waals surface area contributed by atoms with E-state index in [9.17, 15) is 60.7 Å². The molecular weight excluding hydrogens is 538 g/mol. The Labute approximate surface area is 220 Å². The first kappa shape index (κ1) is 31.9. The average molecular weight is 574 g/mol. The monoisotopic (exact) mass is 573 g/mol. The lowest BCUT2D eigenvalue weighted by Crippen LogP contribution is -2.68. The summed E-state index contributed by atoms with van der Waals surface area (Å²) < 4.78 is 27.2. The third-order valence-electron chi connectivity index (χ3n) is 6.81. The van der Waals surface area contributed by atoms with Crippen molar-refractivity contribution in [2.75, 3.05) is 13.2 Å². The van der Waals surface area contributed by atoms with Gasteiger partial charge in [0.1, 0.15) is 61.0 Å². The fourth-order valence-corrected chi connectivity index (χ4v) is 4.64. The van der Waals surface area contributed by atoms with Crippen LogP contribution in [0.2, 0.25) is 0 Å². The van der Waals surface area contributed by atoms with E-state index < -0.39 is 117 Å². The number of carboxylic acids is 1. The molecular formula is C21H35NO17. The number of carboxylic acid groups (broad SMARTS) is 1. The Bertz CT molecular complexity index is 864. The zero-order chi connectivity index (χ0) is 29.4. The van der Waals surface area contributed by atoms with E-state index in [1.165, 1.54) is 6.92 Å². The first-order valence-corrected chi connectivity index (χ1v) is 12.0. The van der Waals surface area contributed by atoms with E-state index in [0.29, 0.717) is 0 Å². The minimum Gasteiger partial charge on any atom is -0.479 e. The molecule has 226 valence electrons. The number of ether oxygens (including phenoxy) is 5. The van der Waals surface area contributed by atoms with Gasteiger partial charge in [-0.25, -0.2) is 4.79 Å². The molecule has 0 radical (unpaired) electrons. The molecule has 0 bridgehead atoms. The highest BCUT2D eigenvalue weighted by Gasteiger charge is 2.59. The number of carbonyl (C=O) groups is 2. The maximum absolute atomic E-state index is 12.0. The van der Waals surface area contributed by atoms with E-state index in [4.69, 9.17) is 23.7 Å². The van der Waals surface area contributed by atoms with E-state index in [-0.39, 0.29) is 0 Å². The number of hydrogen-bond donors (Lipinski definition) is 11. The molecule has 18 nitrogen and oxygen atoms in total. The highest BCUT2D eigenvalue weighted by Crippen LogP contribution is 2.36. The van der Waals surface area contributed by atoms with E-state index in [2.05, 4.69) is 5.32 Å². The molecule has 0 aromatic heterocycles. The van der Waals surface area contributed by atoms with Crippen molar-refractivity contribution >= 4 is 11.9 Å². The third kappa shape index (κ3) is 6.34. The van der Waals surface area contributed by atoms with Crippen LogP contribution in [-0.4, -0.2) is 168 Å². The van der Waals surface area contributed by atoms with Crippen LogP contribution in [0.5, 0.6) is 0 Å². The van der Waals surface area contributed by atoms with E-state index >= 15 is 0 Å². The van der Waals surface area contributed by atoms with Crippen LogP contribution < -0.4 is 5.32 Å². The van der Waals surface area contributed by atoms with Crippen LogP contribution in [0.15, 0.2) is 0 Å². The van der Waals surface area contributed by atoms with Crippen LogP contribution in [0.1, 0.15) is 13.8 Å². The number of aliphatic hydroxyl groups is 9. The lowest BCUT2D eigenvalue weighted by Gasteiger charge is -2.47. The molecule has 1 amide bonds. The Morgan fingerprint density at radius 1 is 0.949 bits per heavy atom. The average Bonchev–Trinajstić information content (AvgIpc) is 3.13. The summed E-state index contributed by atoms with van der Waals surface area (Å²) >= 11 is 0. The largest absolute Gasteiger partial charge is 0.479 e. The Morgan fingerprint density at radius 3 is 2.10 bits per heavy atom. The second-order valence-electron chi connectivity index (χ2n) is 9.64. The van der Waals surface area contributed by atoms with Crippen LogP contribution in [0.25, 0.3) is 0 Å². The summed E-state index contributed by atoms with van der Waals surface area (Å²) in [6, 6.07) is -1.52. The Balaban J connectivity index is 1.92. The number of aliphatic hydroxyl groups excluding tert-OH is 8. The number of hydrogen-bond acceptors (Lipinski definition) is 16. The van der Waals surface area contributed by atoms with Gasteiger partial charge in [-0.3, -0.25) is 4.79 Å². The molecule has 11 N–H and O–H groups in total. The second-order valence-corrected chi connectivity index (χ2v) is 9.64. The first-order chi connectivity index (χ1) is 18.2. The Hall–Kier alpha value is -1.62. The van der Waals surface area contributed by atoms with E-state index in [1.54, 1.807) is 0 Å². The van der Waals surface area contributed by atoms with E-state index in [1.807, 2.05) is 0 Å². The van der Waals surface area contributed by atoms with Gasteiger partial charge in [0.05, 0.1) is 19.3 Å². The lowest BCUT2D eigenvalue weighted by atomic mass is 9.95. The minimum atomic E-state index is -2.62. The predicted molar refractivity (Wildman–Crippen MR) is 118 cm³/mol. The normalized spacial score (nSPS) is 47.5. The molecule has 0 aromatic rings. The number of carbonyl (C=O) groups excluding carboxylic acids is 1.